The van der Waals surface area contributed by atoms with E-state index in [4.69, 9.17) is 9.47 Å². The van der Waals surface area contributed by atoms with Crippen LogP contribution in [0.4, 0.5) is 0 Å². The number of nitrogens with zero attached hydrogens (tertiary/aromatic N) is 2. The van der Waals surface area contributed by atoms with E-state index in [9.17, 15) is 4.79 Å². The molecule has 2 aromatic rings. The number of rotatable bonds is 4. The van der Waals surface area contributed by atoms with Gasteiger partial charge in [0.1, 0.15) is 0 Å². The Balaban J connectivity index is 1.95. The molecule has 6 heteroatoms. The minimum Gasteiger partial charge on any atom is -0.493 e. The van der Waals surface area contributed by atoms with Crippen molar-refractivity contribution in [2.75, 3.05) is 14.2 Å². The second kappa shape index (κ2) is 6.42. The standard InChI is InChI=1S/C17H18N2O3S/c1-11(20)19-15(9-14(18-19)13-6-7-23-10-13)12-4-5-16(21-2)17(8-12)22-3/h4-8,10,15H,9H2,1-3H3/t15-/m1/s1. The van der Waals surface area contributed by atoms with Crippen LogP contribution >= 0.6 is 11.3 Å². The number of carbonyl (C=O) groups excluding carboxylic acids is 1. The molecule has 0 fully saturated rings. The summed E-state index contributed by atoms with van der Waals surface area (Å²) in [7, 11) is 3.21. The zero-order chi connectivity index (χ0) is 16.4. The lowest BCUT2D eigenvalue weighted by atomic mass is 9.99. The van der Waals surface area contributed by atoms with Gasteiger partial charge in [0.2, 0.25) is 5.91 Å². The Kier molecular flexibility index (Phi) is 4.34. The first-order valence-corrected chi connectivity index (χ1v) is 8.20. The van der Waals surface area contributed by atoms with Crippen LogP contribution < -0.4 is 9.47 Å². The monoisotopic (exact) mass is 330 g/mol. The molecule has 0 bridgehead atoms. The maximum Gasteiger partial charge on any atom is 0.240 e. The van der Waals surface area contributed by atoms with E-state index in [2.05, 4.69) is 5.10 Å². The van der Waals surface area contributed by atoms with Gasteiger partial charge in [-0.3, -0.25) is 4.79 Å². The summed E-state index contributed by atoms with van der Waals surface area (Å²) in [6.07, 6.45) is 0.686. The van der Waals surface area contributed by atoms with Crippen molar-refractivity contribution in [3.8, 4) is 11.5 Å². The number of ether oxygens (including phenoxy) is 2. The van der Waals surface area contributed by atoms with Gasteiger partial charge in [-0.15, -0.1) is 0 Å². The lowest BCUT2D eigenvalue weighted by Gasteiger charge is -2.21. The molecule has 0 aliphatic carbocycles. The van der Waals surface area contributed by atoms with Crippen molar-refractivity contribution in [3.63, 3.8) is 0 Å². The molecular weight excluding hydrogens is 312 g/mol. The average Bonchev–Trinajstić information content (AvgIpc) is 3.23. The van der Waals surface area contributed by atoms with E-state index >= 15 is 0 Å². The van der Waals surface area contributed by atoms with Gasteiger partial charge in [-0.2, -0.15) is 16.4 Å². The summed E-state index contributed by atoms with van der Waals surface area (Å²) in [6.45, 7) is 1.54. The molecular formula is C17H18N2O3S. The smallest absolute Gasteiger partial charge is 0.240 e. The quantitative estimate of drug-likeness (QED) is 0.862. The Labute approximate surface area is 139 Å². The maximum atomic E-state index is 12.0. The summed E-state index contributed by atoms with van der Waals surface area (Å²) in [6, 6.07) is 7.62. The lowest BCUT2D eigenvalue weighted by molar-refractivity contribution is -0.130. The van der Waals surface area contributed by atoms with Crippen molar-refractivity contribution < 1.29 is 14.3 Å². The van der Waals surface area contributed by atoms with E-state index in [-0.39, 0.29) is 11.9 Å². The number of hydrazone groups is 1. The molecule has 5 nitrogen and oxygen atoms in total. The molecule has 1 aromatic heterocycles. The first kappa shape index (κ1) is 15.6. The minimum atomic E-state index is -0.123. The molecule has 0 saturated carbocycles. The number of hydrogen-bond donors (Lipinski definition) is 0. The number of hydrogen-bond acceptors (Lipinski definition) is 5. The van der Waals surface area contributed by atoms with E-state index in [1.54, 1.807) is 30.6 Å². The summed E-state index contributed by atoms with van der Waals surface area (Å²) in [4.78, 5) is 12.0. The van der Waals surface area contributed by atoms with Crippen molar-refractivity contribution >= 4 is 23.0 Å². The molecule has 1 amide bonds. The van der Waals surface area contributed by atoms with Crippen LogP contribution in [0.1, 0.15) is 30.5 Å². The van der Waals surface area contributed by atoms with E-state index in [0.717, 1.165) is 16.8 Å². The second-order valence-corrected chi connectivity index (χ2v) is 6.04. The average molecular weight is 330 g/mol. The number of benzene rings is 1. The van der Waals surface area contributed by atoms with E-state index in [1.165, 1.54) is 6.92 Å². The highest BCUT2D eigenvalue weighted by Crippen LogP contribution is 2.37. The number of methoxy groups -OCH3 is 2. The number of thiophene rings is 1. The van der Waals surface area contributed by atoms with Crippen LogP contribution in [0.3, 0.4) is 0 Å². The highest BCUT2D eigenvalue weighted by Gasteiger charge is 2.32. The van der Waals surface area contributed by atoms with Gasteiger partial charge >= 0.3 is 0 Å². The van der Waals surface area contributed by atoms with Gasteiger partial charge in [-0.1, -0.05) is 6.07 Å². The van der Waals surface area contributed by atoms with E-state index in [0.29, 0.717) is 17.9 Å². The Morgan fingerprint density at radius 2 is 2.04 bits per heavy atom. The van der Waals surface area contributed by atoms with Crippen LogP contribution in [-0.4, -0.2) is 30.8 Å². The zero-order valence-corrected chi connectivity index (χ0v) is 14.1. The fourth-order valence-corrected chi connectivity index (χ4v) is 3.39. The van der Waals surface area contributed by atoms with Crippen molar-refractivity contribution in [1.82, 2.24) is 5.01 Å². The van der Waals surface area contributed by atoms with Gasteiger partial charge in [0.05, 0.1) is 26.0 Å². The van der Waals surface area contributed by atoms with Crippen LogP contribution in [0.2, 0.25) is 0 Å². The van der Waals surface area contributed by atoms with Crippen molar-refractivity contribution in [1.29, 1.82) is 0 Å². The maximum absolute atomic E-state index is 12.0. The fraction of sp³-hybridized carbons (Fsp3) is 0.294. The first-order valence-electron chi connectivity index (χ1n) is 7.25. The van der Waals surface area contributed by atoms with Gasteiger partial charge in [0.25, 0.3) is 0 Å². The Morgan fingerprint density at radius 3 is 2.65 bits per heavy atom. The van der Waals surface area contributed by atoms with Crippen LogP contribution in [0.25, 0.3) is 0 Å². The molecule has 1 aliphatic heterocycles. The molecule has 0 spiro atoms. The highest BCUT2D eigenvalue weighted by molar-refractivity contribution is 7.08. The Morgan fingerprint density at radius 1 is 1.26 bits per heavy atom. The fourth-order valence-electron chi connectivity index (χ4n) is 2.72. The third kappa shape index (κ3) is 2.94. The van der Waals surface area contributed by atoms with Crippen LogP contribution in [0.15, 0.2) is 40.1 Å². The molecule has 120 valence electrons. The molecule has 0 unspecified atom stereocenters. The second-order valence-electron chi connectivity index (χ2n) is 5.26. The van der Waals surface area contributed by atoms with Crippen molar-refractivity contribution in [2.24, 2.45) is 5.10 Å². The molecule has 3 rings (SSSR count). The summed E-state index contributed by atoms with van der Waals surface area (Å²) in [5.74, 6) is 1.25. The normalized spacial score (nSPS) is 17.1. The Hall–Kier alpha value is -2.34. The lowest BCUT2D eigenvalue weighted by Crippen LogP contribution is -2.24. The molecule has 0 saturated heterocycles. The largest absolute Gasteiger partial charge is 0.493 e. The summed E-state index contributed by atoms with van der Waals surface area (Å²) < 4.78 is 10.6. The molecule has 1 aromatic carbocycles. The molecule has 23 heavy (non-hydrogen) atoms. The Bertz CT molecular complexity index is 740. The SMILES string of the molecule is COc1ccc([C@H]2CC(c3ccsc3)=NN2C(C)=O)cc1OC. The van der Waals surface area contributed by atoms with Gasteiger partial charge in [-0.25, -0.2) is 5.01 Å². The molecule has 1 aliphatic rings. The van der Waals surface area contributed by atoms with Crippen LogP contribution in [0, 0.1) is 0 Å². The van der Waals surface area contributed by atoms with Gasteiger partial charge in [0.15, 0.2) is 11.5 Å². The topological polar surface area (TPSA) is 51.1 Å². The summed E-state index contributed by atoms with van der Waals surface area (Å²) in [5, 5.41) is 10.1. The third-order valence-corrected chi connectivity index (χ3v) is 4.56. The van der Waals surface area contributed by atoms with Gasteiger partial charge in [0, 0.05) is 18.9 Å². The molecule has 0 radical (unpaired) electrons. The van der Waals surface area contributed by atoms with E-state index < -0.39 is 0 Å². The zero-order valence-electron chi connectivity index (χ0n) is 13.3. The highest BCUT2D eigenvalue weighted by atomic mass is 32.1. The number of carbonyl (C=O) groups is 1. The molecule has 0 N–H and O–H groups in total. The first-order chi connectivity index (χ1) is 11.1. The van der Waals surface area contributed by atoms with Crippen molar-refractivity contribution in [2.45, 2.75) is 19.4 Å². The number of amides is 1. The van der Waals surface area contributed by atoms with Gasteiger partial charge < -0.3 is 9.47 Å². The third-order valence-electron chi connectivity index (χ3n) is 3.88. The predicted molar refractivity (Wildman–Crippen MR) is 90.3 cm³/mol. The van der Waals surface area contributed by atoms with Crippen molar-refractivity contribution in [3.05, 3.63) is 46.2 Å². The van der Waals surface area contributed by atoms with Crippen LogP contribution in [0.5, 0.6) is 11.5 Å². The summed E-state index contributed by atoms with van der Waals surface area (Å²) >= 11 is 1.62. The molecule has 1 atom stereocenters. The summed E-state index contributed by atoms with van der Waals surface area (Å²) in [5.41, 5.74) is 2.98. The predicted octanol–water partition coefficient (Wildman–Crippen LogP) is 3.46. The van der Waals surface area contributed by atoms with Gasteiger partial charge in [-0.05, 0) is 34.5 Å². The van der Waals surface area contributed by atoms with E-state index in [1.807, 2.05) is 35.0 Å². The molecule has 2 heterocycles. The minimum absolute atomic E-state index is 0.0741. The van der Waals surface area contributed by atoms with Crippen LogP contribution in [-0.2, 0) is 4.79 Å².